The summed E-state index contributed by atoms with van der Waals surface area (Å²) in [5.41, 5.74) is 0.564. The van der Waals surface area contributed by atoms with Gasteiger partial charge < -0.3 is 0 Å². The lowest BCUT2D eigenvalue weighted by Gasteiger charge is -2.04. The predicted octanol–water partition coefficient (Wildman–Crippen LogP) is 0.268. The number of pyridine rings is 1. The van der Waals surface area contributed by atoms with E-state index in [9.17, 15) is 4.79 Å². The molecule has 4 rings (SSSR count). The van der Waals surface area contributed by atoms with Gasteiger partial charge in [0.1, 0.15) is 5.69 Å². The van der Waals surface area contributed by atoms with Crippen LogP contribution in [0.4, 0.5) is 0 Å². The summed E-state index contributed by atoms with van der Waals surface area (Å²) < 4.78 is 7.89. The normalized spacial score (nSPS) is 14.5. The quantitative estimate of drug-likeness (QED) is 0.677. The van der Waals surface area contributed by atoms with E-state index < -0.39 is 5.76 Å². The number of hydrogen-bond donors (Lipinski definition) is 0. The van der Waals surface area contributed by atoms with E-state index in [-0.39, 0.29) is 6.54 Å². The maximum Gasteiger partial charge on any atom is 0.442 e. The molecular weight excluding hydrogens is 274 g/mol. The molecule has 0 aliphatic heterocycles. The molecule has 0 N–H and O–H groups in total. The second kappa shape index (κ2) is 4.62. The van der Waals surface area contributed by atoms with Crippen LogP contribution in [-0.4, -0.2) is 34.9 Å². The highest BCUT2D eigenvalue weighted by atomic mass is 16.5. The van der Waals surface area contributed by atoms with Crippen molar-refractivity contribution in [2.45, 2.75) is 25.4 Å². The molecule has 0 spiro atoms. The van der Waals surface area contributed by atoms with Crippen molar-refractivity contribution in [2.75, 3.05) is 0 Å². The van der Waals surface area contributed by atoms with Crippen molar-refractivity contribution in [1.82, 2.24) is 34.9 Å². The van der Waals surface area contributed by atoms with E-state index in [0.29, 0.717) is 23.4 Å². The summed E-state index contributed by atoms with van der Waals surface area (Å²) in [5.74, 6) is 0.423. The van der Waals surface area contributed by atoms with E-state index in [1.807, 2.05) is 6.07 Å². The monoisotopic (exact) mass is 285 g/mol. The van der Waals surface area contributed by atoms with Gasteiger partial charge in [-0.05, 0) is 35.4 Å². The maximum atomic E-state index is 11.9. The molecule has 21 heavy (non-hydrogen) atoms. The van der Waals surface area contributed by atoms with Crippen LogP contribution in [0.3, 0.4) is 0 Å². The van der Waals surface area contributed by atoms with E-state index in [1.165, 1.54) is 4.57 Å². The minimum absolute atomic E-state index is 0.206. The lowest BCUT2D eigenvalue weighted by Crippen LogP contribution is -2.19. The summed E-state index contributed by atoms with van der Waals surface area (Å²) in [4.78, 5) is 16.0. The van der Waals surface area contributed by atoms with Crippen LogP contribution < -0.4 is 5.76 Å². The first kappa shape index (κ1) is 11.9. The highest BCUT2D eigenvalue weighted by Crippen LogP contribution is 2.34. The highest BCUT2D eigenvalue weighted by molar-refractivity contribution is 5.47. The molecule has 0 saturated heterocycles. The van der Waals surface area contributed by atoms with E-state index >= 15 is 0 Å². The number of hydrogen-bond acceptors (Lipinski definition) is 7. The van der Waals surface area contributed by atoms with Crippen LogP contribution in [0.25, 0.3) is 11.5 Å². The zero-order valence-corrected chi connectivity index (χ0v) is 11.0. The molecule has 0 atom stereocenters. The molecule has 0 radical (unpaired) electrons. The zero-order chi connectivity index (χ0) is 14.2. The van der Waals surface area contributed by atoms with Crippen LogP contribution in [0.2, 0.25) is 0 Å². The average Bonchev–Trinajstić information content (AvgIpc) is 3.15. The number of nitrogens with zero attached hydrogens (tertiary/aromatic N) is 7. The average molecular weight is 285 g/mol. The topological polar surface area (TPSA) is 105 Å². The fraction of sp³-hybridized carbons (Fsp3) is 0.333. The fourth-order valence-corrected chi connectivity index (χ4v) is 2.15. The van der Waals surface area contributed by atoms with Crippen molar-refractivity contribution < 1.29 is 4.52 Å². The van der Waals surface area contributed by atoms with Gasteiger partial charge in [-0.15, -0.1) is 5.10 Å². The Morgan fingerprint density at radius 1 is 1.33 bits per heavy atom. The van der Waals surface area contributed by atoms with Crippen LogP contribution in [0.1, 0.15) is 24.7 Å². The van der Waals surface area contributed by atoms with Crippen molar-refractivity contribution >= 4 is 0 Å². The molecule has 1 saturated carbocycles. The molecule has 3 heterocycles. The molecule has 1 fully saturated rings. The van der Waals surface area contributed by atoms with E-state index in [0.717, 1.165) is 12.8 Å². The van der Waals surface area contributed by atoms with Crippen LogP contribution in [0, 0.1) is 0 Å². The third kappa shape index (κ3) is 2.12. The Morgan fingerprint density at radius 2 is 2.24 bits per heavy atom. The second-order valence-corrected chi connectivity index (χ2v) is 4.84. The first-order valence-corrected chi connectivity index (χ1v) is 6.57. The summed E-state index contributed by atoms with van der Waals surface area (Å²) in [6, 6.07) is 5.71. The smallest absolute Gasteiger partial charge is 0.295 e. The summed E-state index contributed by atoms with van der Waals surface area (Å²) in [6.45, 7) is 0.206. The van der Waals surface area contributed by atoms with Crippen LogP contribution in [0.15, 0.2) is 33.7 Å². The van der Waals surface area contributed by atoms with Crippen LogP contribution in [0.5, 0.6) is 0 Å². The number of rotatable bonds is 4. The maximum absolute atomic E-state index is 11.9. The van der Waals surface area contributed by atoms with Gasteiger partial charge in [-0.25, -0.2) is 14.0 Å². The minimum Gasteiger partial charge on any atom is -0.295 e. The van der Waals surface area contributed by atoms with E-state index in [2.05, 4.69) is 25.7 Å². The van der Waals surface area contributed by atoms with Gasteiger partial charge in [0.15, 0.2) is 5.82 Å². The third-order valence-electron chi connectivity index (χ3n) is 3.33. The molecule has 106 valence electrons. The van der Waals surface area contributed by atoms with Crippen molar-refractivity contribution in [1.29, 1.82) is 0 Å². The molecule has 0 amide bonds. The first-order chi connectivity index (χ1) is 10.3. The summed E-state index contributed by atoms with van der Waals surface area (Å²) in [5, 5.41) is 15.4. The Hall–Kier alpha value is -2.84. The molecule has 0 aromatic carbocycles. The van der Waals surface area contributed by atoms with Gasteiger partial charge in [-0.3, -0.25) is 9.51 Å². The van der Waals surface area contributed by atoms with Crippen LogP contribution >= 0.6 is 0 Å². The number of tetrazole rings is 1. The molecule has 9 nitrogen and oxygen atoms in total. The Labute approximate surface area is 118 Å². The molecule has 3 aromatic rings. The van der Waals surface area contributed by atoms with Gasteiger partial charge in [-0.1, -0.05) is 11.2 Å². The van der Waals surface area contributed by atoms with Crippen molar-refractivity contribution in [3.63, 3.8) is 0 Å². The molecule has 1 aliphatic carbocycles. The van der Waals surface area contributed by atoms with E-state index in [1.54, 1.807) is 23.0 Å². The van der Waals surface area contributed by atoms with E-state index in [4.69, 9.17) is 4.52 Å². The first-order valence-electron chi connectivity index (χ1n) is 6.57. The van der Waals surface area contributed by atoms with Gasteiger partial charge >= 0.3 is 5.76 Å². The summed E-state index contributed by atoms with van der Waals surface area (Å²) in [6.07, 6.45) is 3.75. The standard InChI is InChI=1S/C12H11N7O2/c20-12-18(7-10-14-16-17-19(10)8-4-5-8)11(15-21-12)9-3-1-2-6-13-9/h1-3,6,8H,4-5,7H2. The fourth-order valence-electron chi connectivity index (χ4n) is 2.15. The van der Waals surface area contributed by atoms with Gasteiger partial charge in [0.2, 0.25) is 5.82 Å². The molecule has 0 unspecified atom stereocenters. The minimum atomic E-state index is -0.555. The largest absolute Gasteiger partial charge is 0.442 e. The highest BCUT2D eigenvalue weighted by Gasteiger charge is 2.28. The third-order valence-corrected chi connectivity index (χ3v) is 3.33. The van der Waals surface area contributed by atoms with Crippen molar-refractivity contribution in [3.8, 4) is 11.5 Å². The van der Waals surface area contributed by atoms with Crippen LogP contribution in [-0.2, 0) is 6.54 Å². The SMILES string of the molecule is O=c1onc(-c2ccccn2)n1Cc1nnnn1C1CC1. The van der Waals surface area contributed by atoms with Crippen molar-refractivity contribution in [3.05, 3.63) is 40.8 Å². The lowest BCUT2D eigenvalue weighted by atomic mass is 10.3. The summed E-state index contributed by atoms with van der Waals surface area (Å²) in [7, 11) is 0. The summed E-state index contributed by atoms with van der Waals surface area (Å²) >= 11 is 0. The lowest BCUT2D eigenvalue weighted by molar-refractivity contribution is 0.376. The number of aromatic nitrogens is 7. The molecule has 1 aliphatic rings. The predicted molar refractivity (Wildman–Crippen MR) is 69.2 cm³/mol. The van der Waals surface area contributed by atoms with Gasteiger partial charge in [0.25, 0.3) is 0 Å². The zero-order valence-electron chi connectivity index (χ0n) is 11.0. The molecule has 9 heteroatoms. The molecule has 3 aromatic heterocycles. The second-order valence-electron chi connectivity index (χ2n) is 4.84. The Morgan fingerprint density at radius 3 is 3.00 bits per heavy atom. The van der Waals surface area contributed by atoms with Gasteiger partial charge in [0, 0.05) is 6.20 Å². The Kier molecular flexibility index (Phi) is 2.62. The van der Waals surface area contributed by atoms with Crippen molar-refractivity contribution in [2.24, 2.45) is 0 Å². The molecular formula is C12H11N7O2. The Bertz CT molecular complexity index is 816. The Balaban J connectivity index is 1.74. The van der Waals surface area contributed by atoms with Gasteiger partial charge in [-0.2, -0.15) is 0 Å². The molecule has 0 bridgehead atoms. The van der Waals surface area contributed by atoms with Gasteiger partial charge in [0.05, 0.1) is 12.6 Å².